The van der Waals surface area contributed by atoms with E-state index in [0.717, 1.165) is 19.4 Å². The van der Waals surface area contributed by atoms with Crippen LogP contribution in [0.5, 0.6) is 0 Å². The summed E-state index contributed by atoms with van der Waals surface area (Å²) in [6.07, 6.45) is 2.26. The van der Waals surface area contributed by atoms with Crippen molar-refractivity contribution in [3.8, 4) is 0 Å². The van der Waals surface area contributed by atoms with Crippen LogP contribution in [0.2, 0.25) is 0 Å². The van der Waals surface area contributed by atoms with E-state index in [-0.39, 0.29) is 10.8 Å². The van der Waals surface area contributed by atoms with Crippen LogP contribution >= 0.6 is 12.2 Å². The minimum Gasteiger partial charge on any atom is -0.389 e. The van der Waals surface area contributed by atoms with E-state index >= 15 is 0 Å². The normalized spacial score (nSPS) is 19.6. The van der Waals surface area contributed by atoms with Gasteiger partial charge < -0.3 is 10.6 Å². The minimum absolute atomic E-state index is 0.229. The molecule has 2 rings (SSSR count). The number of halogens is 1. The monoisotopic (exact) mass is 266 g/mol. The Kier molecular flexibility index (Phi) is 3.85. The van der Waals surface area contributed by atoms with Gasteiger partial charge in [0.1, 0.15) is 10.8 Å². The van der Waals surface area contributed by atoms with Gasteiger partial charge in [0.15, 0.2) is 0 Å². The molecule has 0 saturated carbocycles. The van der Waals surface area contributed by atoms with E-state index in [0.29, 0.717) is 23.2 Å². The van der Waals surface area contributed by atoms with E-state index in [1.165, 1.54) is 6.07 Å². The third-order valence-electron chi connectivity index (χ3n) is 3.61. The van der Waals surface area contributed by atoms with Gasteiger partial charge in [0.05, 0.1) is 5.69 Å². The Hall–Kier alpha value is -1.16. The molecule has 1 aliphatic heterocycles. The zero-order valence-corrected chi connectivity index (χ0v) is 11.6. The number of hydrogen-bond donors (Lipinski definition) is 1. The van der Waals surface area contributed by atoms with Crippen LogP contribution in [0.4, 0.5) is 10.1 Å². The van der Waals surface area contributed by atoms with Gasteiger partial charge >= 0.3 is 0 Å². The quantitative estimate of drug-likeness (QED) is 0.853. The van der Waals surface area contributed by atoms with Gasteiger partial charge in [-0.2, -0.15) is 0 Å². The second kappa shape index (κ2) is 5.22. The molecular formula is C14H19FN2S. The molecule has 0 aromatic heterocycles. The summed E-state index contributed by atoms with van der Waals surface area (Å²) in [6.45, 7) is 5.29. The van der Waals surface area contributed by atoms with Crippen molar-refractivity contribution in [1.29, 1.82) is 0 Å². The maximum atomic E-state index is 14.1. The predicted molar refractivity (Wildman–Crippen MR) is 77.5 cm³/mol. The number of nitrogens with two attached hydrogens (primary N) is 1. The maximum Gasteiger partial charge on any atom is 0.147 e. The second-order valence-electron chi connectivity index (χ2n) is 5.18. The Morgan fingerprint density at radius 2 is 2.22 bits per heavy atom. The molecule has 0 bridgehead atoms. The first-order chi connectivity index (χ1) is 8.50. The molecule has 1 fully saturated rings. The molecule has 0 amide bonds. The second-order valence-corrected chi connectivity index (χ2v) is 5.62. The van der Waals surface area contributed by atoms with E-state index in [2.05, 4.69) is 18.7 Å². The van der Waals surface area contributed by atoms with Crippen molar-refractivity contribution < 1.29 is 4.39 Å². The SMILES string of the molecule is CC(C)C1CCCN1c1ccc(C(N)=S)cc1F. The van der Waals surface area contributed by atoms with Gasteiger partial charge in [0.25, 0.3) is 0 Å². The van der Waals surface area contributed by atoms with Crippen LogP contribution in [0.1, 0.15) is 32.3 Å². The van der Waals surface area contributed by atoms with Gasteiger partial charge in [-0.1, -0.05) is 26.1 Å². The molecule has 4 heteroatoms. The first-order valence-corrected chi connectivity index (χ1v) is 6.77. The van der Waals surface area contributed by atoms with Gasteiger partial charge in [-0.15, -0.1) is 0 Å². The summed E-state index contributed by atoms with van der Waals surface area (Å²) < 4.78 is 14.1. The van der Waals surface area contributed by atoms with E-state index in [1.807, 2.05) is 0 Å². The fourth-order valence-electron chi connectivity index (χ4n) is 2.68. The molecular weight excluding hydrogens is 247 g/mol. The smallest absolute Gasteiger partial charge is 0.147 e. The van der Waals surface area contributed by atoms with Gasteiger partial charge in [0.2, 0.25) is 0 Å². The van der Waals surface area contributed by atoms with Crippen LogP contribution in [-0.4, -0.2) is 17.6 Å². The lowest BCUT2D eigenvalue weighted by Crippen LogP contribution is -2.34. The number of benzene rings is 1. The summed E-state index contributed by atoms with van der Waals surface area (Å²) in [4.78, 5) is 2.41. The van der Waals surface area contributed by atoms with Crippen LogP contribution in [0.25, 0.3) is 0 Å². The van der Waals surface area contributed by atoms with Gasteiger partial charge in [-0.05, 0) is 37.0 Å². The lowest BCUT2D eigenvalue weighted by Gasteiger charge is -2.30. The van der Waals surface area contributed by atoms with Crippen molar-refractivity contribution in [2.75, 3.05) is 11.4 Å². The Bertz CT molecular complexity index is 459. The number of nitrogens with zero attached hydrogens (tertiary/aromatic N) is 1. The van der Waals surface area contributed by atoms with Crippen molar-refractivity contribution in [3.05, 3.63) is 29.6 Å². The van der Waals surface area contributed by atoms with Crippen LogP contribution in [0, 0.1) is 11.7 Å². The molecule has 2 N–H and O–H groups in total. The van der Waals surface area contributed by atoms with Crippen molar-refractivity contribution >= 4 is 22.9 Å². The van der Waals surface area contributed by atoms with E-state index in [9.17, 15) is 4.39 Å². The van der Waals surface area contributed by atoms with E-state index in [1.54, 1.807) is 12.1 Å². The summed E-state index contributed by atoms with van der Waals surface area (Å²) in [5, 5.41) is 0. The molecule has 98 valence electrons. The molecule has 0 aliphatic carbocycles. The summed E-state index contributed by atoms with van der Waals surface area (Å²) >= 11 is 4.86. The lowest BCUT2D eigenvalue weighted by atomic mass is 10.0. The molecule has 1 aromatic carbocycles. The number of thiocarbonyl (C=S) groups is 1. The molecule has 1 heterocycles. The minimum atomic E-state index is -0.229. The largest absolute Gasteiger partial charge is 0.389 e. The van der Waals surface area contributed by atoms with Crippen molar-refractivity contribution in [2.24, 2.45) is 11.7 Å². The topological polar surface area (TPSA) is 29.3 Å². The molecule has 1 atom stereocenters. The van der Waals surface area contributed by atoms with Crippen molar-refractivity contribution in [2.45, 2.75) is 32.7 Å². The van der Waals surface area contributed by atoms with Gasteiger partial charge in [-0.25, -0.2) is 4.39 Å². The summed E-state index contributed by atoms with van der Waals surface area (Å²) in [6, 6.07) is 5.46. The zero-order valence-electron chi connectivity index (χ0n) is 10.8. The van der Waals surface area contributed by atoms with E-state index < -0.39 is 0 Å². The molecule has 1 saturated heterocycles. The molecule has 1 unspecified atom stereocenters. The van der Waals surface area contributed by atoms with Crippen LogP contribution in [0.3, 0.4) is 0 Å². The highest BCUT2D eigenvalue weighted by Crippen LogP contribution is 2.31. The fraction of sp³-hybridized carbons (Fsp3) is 0.500. The molecule has 18 heavy (non-hydrogen) atoms. The molecule has 0 spiro atoms. The van der Waals surface area contributed by atoms with E-state index in [4.69, 9.17) is 18.0 Å². The standard InChI is InChI=1S/C14H19FN2S/c1-9(2)12-4-3-7-17(12)13-6-5-10(14(16)18)8-11(13)15/h5-6,8-9,12H,3-4,7H2,1-2H3,(H2,16,18). The van der Waals surface area contributed by atoms with Crippen molar-refractivity contribution in [3.63, 3.8) is 0 Å². The summed E-state index contributed by atoms with van der Waals surface area (Å²) in [5.74, 6) is 0.301. The highest BCUT2D eigenvalue weighted by atomic mass is 32.1. The number of hydrogen-bond acceptors (Lipinski definition) is 2. The average Bonchev–Trinajstić information content (AvgIpc) is 2.77. The molecule has 1 aliphatic rings. The Morgan fingerprint density at radius 1 is 1.50 bits per heavy atom. The highest BCUT2D eigenvalue weighted by Gasteiger charge is 2.28. The zero-order chi connectivity index (χ0) is 13.3. The Balaban J connectivity index is 2.31. The number of anilines is 1. The average molecular weight is 266 g/mol. The van der Waals surface area contributed by atoms with Crippen molar-refractivity contribution in [1.82, 2.24) is 0 Å². The highest BCUT2D eigenvalue weighted by molar-refractivity contribution is 7.80. The Labute approximate surface area is 113 Å². The van der Waals surface area contributed by atoms with Gasteiger partial charge in [0, 0.05) is 18.2 Å². The van der Waals surface area contributed by atoms with Crippen LogP contribution in [0.15, 0.2) is 18.2 Å². The Morgan fingerprint density at radius 3 is 2.78 bits per heavy atom. The first-order valence-electron chi connectivity index (χ1n) is 6.36. The number of rotatable bonds is 3. The van der Waals surface area contributed by atoms with Crippen LogP contribution in [-0.2, 0) is 0 Å². The lowest BCUT2D eigenvalue weighted by molar-refractivity contribution is 0.486. The predicted octanol–water partition coefficient (Wildman–Crippen LogP) is 3.08. The summed E-state index contributed by atoms with van der Waals surface area (Å²) in [7, 11) is 0. The molecule has 1 aromatic rings. The van der Waals surface area contributed by atoms with Gasteiger partial charge in [-0.3, -0.25) is 0 Å². The third-order valence-corrected chi connectivity index (χ3v) is 3.85. The maximum absolute atomic E-state index is 14.1. The molecule has 0 radical (unpaired) electrons. The third kappa shape index (κ3) is 2.48. The fourth-order valence-corrected chi connectivity index (χ4v) is 2.80. The van der Waals surface area contributed by atoms with Crippen LogP contribution < -0.4 is 10.6 Å². The summed E-state index contributed by atoms with van der Waals surface area (Å²) in [5.41, 5.74) is 6.77. The first kappa shape index (κ1) is 13.3. The molecule has 2 nitrogen and oxygen atoms in total.